The molecule has 1 fully saturated rings. The highest BCUT2D eigenvalue weighted by Gasteiger charge is 2.41. The van der Waals surface area contributed by atoms with Gasteiger partial charge in [0.05, 0.1) is 17.8 Å². The summed E-state index contributed by atoms with van der Waals surface area (Å²) >= 11 is 1.83. The Balaban J connectivity index is 2.17. The molecule has 1 saturated carbocycles. The quantitative estimate of drug-likeness (QED) is 0.775. The third-order valence-electron chi connectivity index (χ3n) is 4.49. The van der Waals surface area contributed by atoms with Crippen LogP contribution in [-0.2, 0) is 10.3 Å². The smallest absolute Gasteiger partial charge is 0.113 e. The highest BCUT2D eigenvalue weighted by atomic mass is 32.1. The number of hydrogen-bond acceptors (Lipinski definition) is 4. The summed E-state index contributed by atoms with van der Waals surface area (Å²) < 4.78 is 5.20. The maximum absolute atomic E-state index is 5.20. The molecule has 1 heterocycles. The van der Waals surface area contributed by atoms with Gasteiger partial charge in [-0.15, -0.1) is 11.3 Å². The van der Waals surface area contributed by atoms with Crippen LogP contribution in [0.1, 0.15) is 63.1 Å². The molecule has 0 aliphatic heterocycles. The highest BCUT2D eigenvalue weighted by molar-refractivity contribution is 7.09. The zero-order valence-electron chi connectivity index (χ0n) is 13.2. The lowest BCUT2D eigenvalue weighted by Crippen LogP contribution is -2.42. The first kappa shape index (κ1) is 15.9. The van der Waals surface area contributed by atoms with Gasteiger partial charge in [-0.1, -0.05) is 27.2 Å². The van der Waals surface area contributed by atoms with Crippen molar-refractivity contribution in [1.82, 2.24) is 10.3 Å². The van der Waals surface area contributed by atoms with Crippen molar-refractivity contribution in [1.29, 1.82) is 0 Å². The number of ether oxygens (including phenoxy) is 1. The van der Waals surface area contributed by atoms with Gasteiger partial charge in [-0.3, -0.25) is 0 Å². The van der Waals surface area contributed by atoms with Crippen LogP contribution in [0.3, 0.4) is 0 Å². The van der Waals surface area contributed by atoms with E-state index in [4.69, 9.17) is 9.72 Å². The van der Waals surface area contributed by atoms with Crippen LogP contribution in [0, 0.1) is 5.92 Å². The van der Waals surface area contributed by atoms with Gasteiger partial charge < -0.3 is 10.1 Å². The van der Waals surface area contributed by atoms with Gasteiger partial charge in [0.15, 0.2) is 0 Å². The van der Waals surface area contributed by atoms with E-state index in [1.54, 1.807) is 7.11 Å². The van der Waals surface area contributed by atoms with Crippen molar-refractivity contribution in [2.45, 2.75) is 57.9 Å². The first-order chi connectivity index (χ1) is 9.61. The van der Waals surface area contributed by atoms with Gasteiger partial charge >= 0.3 is 0 Å². The number of nitrogens with one attached hydrogen (secondary N) is 1. The minimum absolute atomic E-state index is 0.0943. The summed E-state index contributed by atoms with van der Waals surface area (Å²) in [6, 6.07) is 0. The molecule has 2 rings (SSSR count). The van der Waals surface area contributed by atoms with E-state index in [1.165, 1.54) is 36.4 Å². The first-order valence-corrected chi connectivity index (χ1v) is 8.69. The lowest BCUT2D eigenvalue weighted by atomic mass is 9.95. The summed E-state index contributed by atoms with van der Waals surface area (Å²) in [5.74, 6) is 1.34. The summed E-state index contributed by atoms with van der Waals surface area (Å²) in [6.45, 7) is 8.41. The van der Waals surface area contributed by atoms with E-state index in [2.05, 4.69) is 31.5 Å². The van der Waals surface area contributed by atoms with E-state index in [9.17, 15) is 0 Å². The SMILES string of the molecule is CCC1CCC(NCCOC)(c2nc(C(C)C)cs2)C1. The molecule has 1 aromatic rings. The average molecular weight is 296 g/mol. The van der Waals surface area contributed by atoms with Gasteiger partial charge in [-0.25, -0.2) is 4.98 Å². The van der Waals surface area contributed by atoms with Crippen LogP contribution in [0.4, 0.5) is 0 Å². The Bertz CT molecular complexity index is 418. The Morgan fingerprint density at radius 2 is 2.35 bits per heavy atom. The molecule has 0 saturated heterocycles. The predicted octanol–water partition coefficient (Wildman–Crippen LogP) is 3.91. The largest absolute Gasteiger partial charge is 0.383 e. The van der Waals surface area contributed by atoms with E-state index < -0.39 is 0 Å². The summed E-state index contributed by atoms with van der Waals surface area (Å²) in [5.41, 5.74) is 1.33. The molecule has 114 valence electrons. The monoisotopic (exact) mass is 296 g/mol. The lowest BCUT2D eigenvalue weighted by Gasteiger charge is -2.29. The van der Waals surface area contributed by atoms with E-state index >= 15 is 0 Å². The van der Waals surface area contributed by atoms with E-state index in [-0.39, 0.29) is 5.54 Å². The van der Waals surface area contributed by atoms with Gasteiger partial charge in [0.2, 0.25) is 0 Å². The molecular formula is C16H28N2OS. The Kier molecular flexibility index (Phi) is 5.58. The second-order valence-corrected chi connectivity index (χ2v) is 7.11. The molecule has 4 heteroatoms. The normalized spacial score (nSPS) is 26.6. The Hall–Kier alpha value is -0.450. The summed E-state index contributed by atoms with van der Waals surface area (Å²) in [4.78, 5) is 4.93. The molecule has 2 unspecified atom stereocenters. The van der Waals surface area contributed by atoms with Crippen LogP contribution in [-0.4, -0.2) is 25.2 Å². The molecule has 1 aliphatic carbocycles. The van der Waals surface area contributed by atoms with Gasteiger partial charge in [-0.05, 0) is 31.1 Å². The maximum atomic E-state index is 5.20. The number of aromatic nitrogens is 1. The number of rotatable bonds is 7. The first-order valence-electron chi connectivity index (χ1n) is 7.81. The van der Waals surface area contributed by atoms with Crippen molar-refractivity contribution in [3.05, 3.63) is 16.1 Å². The number of methoxy groups -OCH3 is 1. The van der Waals surface area contributed by atoms with Crippen molar-refractivity contribution in [3.63, 3.8) is 0 Å². The fourth-order valence-electron chi connectivity index (χ4n) is 3.09. The zero-order chi connectivity index (χ0) is 14.6. The summed E-state index contributed by atoms with van der Waals surface area (Å²) in [6.07, 6.45) is 5.02. The van der Waals surface area contributed by atoms with Crippen LogP contribution in [0.15, 0.2) is 5.38 Å². The van der Waals surface area contributed by atoms with Crippen molar-refractivity contribution >= 4 is 11.3 Å². The number of nitrogens with zero attached hydrogens (tertiary/aromatic N) is 1. The van der Waals surface area contributed by atoms with E-state index in [1.807, 2.05) is 11.3 Å². The van der Waals surface area contributed by atoms with Crippen LogP contribution < -0.4 is 5.32 Å². The second-order valence-electron chi connectivity index (χ2n) is 6.25. The molecule has 0 amide bonds. The van der Waals surface area contributed by atoms with E-state index in [0.717, 1.165) is 19.1 Å². The zero-order valence-corrected chi connectivity index (χ0v) is 14.1. The standard InChI is InChI=1S/C16H28N2OS/c1-5-13-6-7-16(10-13,17-8-9-19-4)15-18-14(11-20-15)12(2)3/h11-13,17H,5-10H2,1-4H3. The molecule has 2 atom stereocenters. The minimum Gasteiger partial charge on any atom is -0.383 e. The van der Waals surface area contributed by atoms with Gasteiger partial charge in [0.1, 0.15) is 5.01 Å². The minimum atomic E-state index is 0.0943. The molecule has 1 aromatic heterocycles. The van der Waals surface area contributed by atoms with Crippen LogP contribution in [0.2, 0.25) is 0 Å². The molecular weight excluding hydrogens is 268 g/mol. The number of thiazole rings is 1. The van der Waals surface area contributed by atoms with E-state index in [0.29, 0.717) is 5.92 Å². The van der Waals surface area contributed by atoms with Crippen molar-refractivity contribution in [3.8, 4) is 0 Å². The molecule has 20 heavy (non-hydrogen) atoms. The molecule has 0 spiro atoms. The fraction of sp³-hybridized carbons (Fsp3) is 0.812. The van der Waals surface area contributed by atoms with Gasteiger partial charge in [0.25, 0.3) is 0 Å². The highest BCUT2D eigenvalue weighted by Crippen LogP contribution is 2.44. The van der Waals surface area contributed by atoms with Crippen molar-refractivity contribution in [2.24, 2.45) is 5.92 Å². The van der Waals surface area contributed by atoms with Crippen LogP contribution in [0.5, 0.6) is 0 Å². The second kappa shape index (κ2) is 7.01. The van der Waals surface area contributed by atoms with Gasteiger partial charge in [0, 0.05) is 19.0 Å². The molecule has 0 aromatic carbocycles. The third-order valence-corrected chi connectivity index (χ3v) is 5.55. The Labute approximate surface area is 127 Å². The number of hydrogen-bond donors (Lipinski definition) is 1. The molecule has 0 bridgehead atoms. The van der Waals surface area contributed by atoms with Crippen molar-refractivity contribution < 1.29 is 4.74 Å². The van der Waals surface area contributed by atoms with Gasteiger partial charge in [-0.2, -0.15) is 0 Å². The summed E-state index contributed by atoms with van der Waals surface area (Å²) in [5, 5.41) is 7.27. The predicted molar refractivity (Wildman–Crippen MR) is 85.4 cm³/mol. The van der Waals surface area contributed by atoms with Crippen LogP contribution in [0.25, 0.3) is 0 Å². The molecule has 1 N–H and O–H groups in total. The third kappa shape index (κ3) is 3.41. The van der Waals surface area contributed by atoms with Crippen molar-refractivity contribution in [2.75, 3.05) is 20.3 Å². The maximum Gasteiger partial charge on any atom is 0.113 e. The molecule has 3 nitrogen and oxygen atoms in total. The molecule has 0 radical (unpaired) electrons. The Morgan fingerprint density at radius 3 is 2.90 bits per heavy atom. The lowest BCUT2D eigenvalue weighted by molar-refractivity contribution is 0.182. The average Bonchev–Trinajstić information content (AvgIpc) is 3.06. The summed E-state index contributed by atoms with van der Waals surface area (Å²) in [7, 11) is 1.76. The fourth-order valence-corrected chi connectivity index (χ4v) is 4.29. The van der Waals surface area contributed by atoms with Crippen LogP contribution >= 0.6 is 11.3 Å². The molecule has 1 aliphatic rings. The Morgan fingerprint density at radius 1 is 1.55 bits per heavy atom. The topological polar surface area (TPSA) is 34.1 Å².